The number of piperazine rings is 5. The van der Waals surface area contributed by atoms with E-state index in [-0.39, 0.29) is 28.6 Å². The summed E-state index contributed by atoms with van der Waals surface area (Å²) < 4.78 is 352. The van der Waals surface area contributed by atoms with Gasteiger partial charge in [-0.3, -0.25) is 14.7 Å². The molecule has 5 aromatic rings. The molecule has 5 heterocycles. The molecule has 0 atom stereocenters. The number of alkyl halides is 15. The molecule has 0 aromatic heterocycles. The van der Waals surface area contributed by atoms with E-state index in [0.29, 0.717) is 119 Å². The van der Waals surface area contributed by atoms with Crippen molar-refractivity contribution < 1.29 is 142 Å². The van der Waals surface area contributed by atoms with Crippen LogP contribution in [0.4, 0.5) is 103 Å². The molecule has 5 aliphatic heterocycles. The van der Waals surface area contributed by atoms with Crippen molar-refractivity contribution in [2.45, 2.75) is 75.5 Å². The van der Waals surface area contributed by atoms with Crippen LogP contribution < -0.4 is 45.4 Å². The van der Waals surface area contributed by atoms with Crippen LogP contribution in [0, 0.1) is 32.4 Å². The van der Waals surface area contributed by atoms with Gasteiger partial charge in [0, 0.05) is 185 Å². The number of ether oxygens (including phenoxy) is 1. The number of likely N-dealkylation sites (N-methyl/N-ethyl adjacent to an activating group) is 2. The van der Waals surface area contributed by atoms with Crippen molar-refractivity contribution in [3.05, 3.63) is 132 Å². The van der Waals surface area contributed by atoms with Crippen molar-refractivity contribution in [1.29, 1.82) is 0 Å². The molecular weight excluding hydrogens is 1730 g/mol. The summed E-state index contributed by atoms with van der Waals surface area (Å²) in [6.07, 6.45) is 2.81. The zero-order valence-electron chi connectivity index (χ0n) is 65.5. The van der Waals surface area contributed by atoms with Crippen LogP contribution in [0.25, 0.3) is 0 Å². The Bertz CT molecular complexity index is 4620. The van der Waals surface area contributed by atoms with Gasteiger partial charge in [-0.05, 0) is 107 Å². The number of rotatable bonds is 24. The minimum Gasteiger partial charge on any atom is -0.383 e. The third kappa shape index (κ3) is 27.6. The van der Waals surface area contributed by atoms with Gasteiger partial charge in [0.15, 0.2) is 23.1 Å². The predicted octanol–water partition coefficient (Wildman–Crippen LogP) is 11.7. The molecule has 0 radical (unpaired) electrons. The van der Waals surface area contributed by atoms with Crippen molar-refractivity contribution >= 4 is 79.0 Å². The Labute approximate surface area is 680 Å². The number of anilines is 5. The Morgan fingerprint density at radius 1 is 0.328 bits per heavy atom. The molecule has 5 aromatic carbocycles. The highest BCUT2D eigenvalue weighted by molar-refractivity contribution is 7.89. The number of hydrogen-bond acceptors (Lipinski definition) is 26. The van der Waals surface area contributed by atoms with Gasteiger partial charge in [-0.1, -0.05) is 57.2 Å². The molecule has 0 unspecified atom stereocenters. The average molecular weight is 1830 g/mol. The van der Waals surface area contributed by atoms with Crippen LogP contribution in [0.1, 0.15) is 43.9 Å². The summed E-state index contributed by atoms with van der Waals surface area (Å²) in [7, 11) is -27.2. The smallest absolute Gasteiger partial charge is 0.383 e. The minimum atomic E-state index is -5.90. The third-order valence-corrected chi connectivity index (χ3v) is 23.9. The summed E-state index contributed by atoms with van der Waals surface area (Å²) in [4.78, 5) is 20.4. The molecule has 672 valence electrons. The summed E-state index contributed by atoms with van der Waals surface area (Å²) in [5.41, 5.74) is -24.4. The first-order chi connectivity index (χ1) is 55.3. The molecule has 0 bridgehead atoms. The quantitative estimate of drug-likeness (QED) is 0.0241. The van der Waals surface area contributed by atoms with Gasteiger partial charge in [-0.15, -0.1) is 6.58 Å². The SMILES string of the molecule is C=CCN1CCN(c2cccc(OS(=O)(=O)C(F)(F)F)c2C)CC1.CCCN1CCN(c2cccc(OS(=O)(=O)C(F)(F)F)c2F)CC1.CCN1CCN(c2cccc(OS(=O)(=O)C(F)(F)F)c2C)CC1.CCN1CCN(c2cccc(OS(=O)(=O)C(F)(F)F)c2F)CC1.COCCN1CCN(c2cccc(OS(=O)(=O)C(F)(F)F)c2C)CC1. The fourth-order valence-electron chi connectivity index (χ4n) is 12.5. The standard InChI is InChI=1S/C15H21F3N2O4S.C15H19F3N2O3S.C14H18F4N2O3S.C14H19F3N2O3S.C13H16F4N2O3S/c1-12-13(20-8-6-19(7-9-20)10-11-23-2)4-3-5-14(12)24-25(21,22)15(16,17)18;1-3-7-19-8-10-20(11-9-19)13-5-4-6-14(12(13)2)23-24(21,22)15(16,17)18;1-2-6-19-7-9-20(10-8-19)11-4-3-5-12(13(11)15)23-24(21,22)14(16,17)18;1-3-18-7-9-19(10-8-18)12-5-4-6-13(11(12)2)22-23(20,21)14(15,16)17;1-2-18-6-8-19(9-7-18)10-4-3-5-11(12(10)14)22-23(20,21)13(15,16)17/h3-5H,6-11H2,1-2H3;3-6H,1,7-11H2,2H3;3-5H,2,6-10H2,1H3;4-6H,3,7-10H2,1-2H3;3-5H,2,6-9H2,1H3. The molecule has 5 fully saturated rings. The number of benzene rings is 5. The topological polar surface area (TPSA) is 258 Å². The molecule has 48 heteroatoms. The Hall–Kier alpha value is -7.84. The average Bonchev–Trinajstić information content (AvgIpc) is 0.813. The van der Waals surface area contributed by atoms with Crippen molar-refractivity contribution in [3.63, 3.8) is 0 Å². The third-order valence-electron chi connectivity index (χ3n) is 19.1. The molecule has 0 aliphatic carbocycles. The minimum absolute atomic E-state index is 0.0237. The van der Waals surface area contributed by atoms with Crippen LogP contribution >= 0.6 is 0 Å². The van der Waals surface area contributed by atoms with E-state index in [1.807, 2.05) is 34.6 Å². The van der Waals surface area contributed by atoms with Crippen LogP contribution in [0.5, 0.6) is 28.7 Å². The van der Waals surface area contributed by atoms with Crippen molar-refractivity contribution in [3.8, 4) is 28.7 Å². The first-order valence-corrected chi connectivity index (χ1v) is 43.7. The van der Waals surface area contributed by atoms with E-state index in [0.717, 1.165) is 104 Å². The Morgan fingerprint density at radius 3 is 0.782 bits per heavy atom. The maximum atomic E-state index is 14.4. The van der Waals surface area contributed by atoms with Crippen LogP contribution in [-0.2, 0) is 55.3 Å². The molecule has 26 nitrogen and oxygen atoms in total. The summed E-state index contributed by atoms with van der Waals surface area (Å²) >= 11 is 0. The highest BCUT2D eigenvalue weighted by Crippen LogP contribution is 2.40. The summed E-state index contributed by atoms with van der Waals surface area (Å²) in [5, 5.41) is 0. The van der Waals surface area contributed by atoms with Crippen LogP contribution in [-0.4, -0.2) is 271 Å². The van der Waals surface area contributed by atoms with Gasteiger partial charge in [0.25, 0.3) is 0 Å². The molecule has 0 spiro atoms. The molecule has 10 rings (SSSR count). The van der Waals surface area contributed by atoms with Gasteiger partial charge in [-0.25, -0.2) is 8.78 Å². The van der Waals surface area contributed by atoms with Crippen LogP contribution in [0.2, 0.25) is 0 Å². The number of hydrogen-bond donors (Lipinski definition) is 0. The number of methoxy groups -OCH3 is 1. The maximum absolute atomic E-state index is 14.4. The predicted molar refractivity (Wildman–Crippen MR) is 411 cm³/mol. The van der Waals surface area contributed by atoms with Crippen LogP contribution in [0.3, 0.4) is 0 Å². The molecule has 0 amide bonds. The number of nitrogens with zero attached hydrogens (tertiary/aromatic N) is 10. The van der Waals surface area contributed by atoms with Crippen LogP contribution in [0.15, 0.2) is 104 Å². The highest BCUT2D eigenvalue weighted by atomic mass is 32.2. The molecule has 0 saturated carbocycles. The lowest BCUT2D eigenvalue weighted by atomic mass is 10.1. The normalized spacial score (nSPS) is 17.1. The van der Waals surface area contributed by atoms with Crippen molar-refractivity contribution in [1.82, 2.24) is 24.5 Å². The lowest BCUT2D eigenvalue weighted by Crippen LogP contribution is -2.47. The van der Waals surface area contributed by atoms with Crippen molar-refractivity contribution in [2.24, 2.45) is 0 Å². The van der Waals surface area contributed by atoms with Gasteiger partial charge < -0.3 is 60.0 Å². The Morgan fingerprint density at radius 2 is 0.546 bits per heavy atom. The summed E-state index contributed by atoms with van der Waals surface area (Å²) in [6, 6.07) is 20.4. The van der Waals surface area contributed by atoms with Crippen molar-refractivity contribution in [2.75, 3.05) is 202 Å². The van der Waals surface area contributed by atoms with Gasteiger partial charge >= 0.3 is 78.1 Å². The van der Waals surface area contributed by atoms with Gasteiger partial charge in [0.2, 0.25) is 0 Å². The number of halogens is 17. The van der Waals surface area contributed by atoms with E-state index in [1.54, 1.807) is 55.9 Å². The molecule has 5 saturated heterocycles. The highest BCUT2D eigenvalue weighted by Gasteiger charge is 2.53. The van der Waals surface area contributed by atoms with E-state index in [4.69, 9.17) is 4.74 Å². The maximum Gasteiger partial charge on any atom is 0.534 e. The summed E-state index contributed by atoms with van der Waals surface area (Å²) in [6.45, 7) is 33.1. The molecular formula is C71H93F17N10O16S5. The fraction of sp³-hybridized carbons (Fsp3) is 0.549. The first-order valence-electron chi connectivity index (χ1n) is 36.6. The monoisotopic (exact) mass is 1820 g/mol. The zero-order valence-corrected chi connectivity index (χ0v) is 69.6. The van der Waals surface area contributed by atoms with Gasteiger partial charge in [0.05, 0.1) is 18.0 Å². The second-order valence-electron chi connectivity index (χ2n) is 26.9. The largest absolute Gasteiger partial charge is 0.534 e. The van der Waals surface area contributed by atoms with Gasteiger partial charge in [0.1, 0.15) is 17.2 Å². The second-order valence-corrected chi connectivity index (χ2v) is 34.6. The molecule has 5 aliphatic rings. The second kappa shape index (κ2) is 42.3. The van der Waals surface area contributed by atoms with E-state index >= 15 is 0 Å². The van der Waals surface area contributed by atoms with E-state index in [9.17, 15) is 117 Å². The molecule has 0 N–H and O–H groups in total. The van der Waals surface area contributed by atoms with E-state index < -0.39 is 101 Å². The lowest BCUT2D eigenvalue weighted by molar-refractivity contribution is -0.0505. The van der Waals surface area contributed by atoms with Gasteiger partial charge in [-0.2, -0.15) is 108 Å². The Kier molecular flexibility index (Phi) is 35.5. The van der Waals surface area contributed by atoms with E-state index in [2.05, 4.69) is 58.9 Å². The Balaban J connectivity index is 0.000000231. The summed E-state index contributed by atoms with van der Waals surface area (Å²) in [5.74, 6) is -5.06. The molecule has 119 heavy (non-hydrogen) atoms. The first kappa shape index (κ1) is 100.0. The lowest BCUT2D eigenvalue weighted by Gasteiger charge is -2.36. The fourth-order valence-corrected chi connectivity index (χ4v) is 14.9. The zero-order chi connectivity index (χ0) is 89.1. The van der Waals surface area contributed by atoms with E-state index in [1.165, 1.54) is 60.7 Å².